The van der Waals surface area contributed by atoms with Gasteiger partial charge in [0.05, 0.1) is 6.61 Å². The average Bonchev–Trinajstić information content (AvgIpc) is 2.35. The summed E-state index contributed by atoms with van der Waals surface area (Å²) in [6.07, 6.45) is 1.02. The van der Waals surface area contributed by atoms with Gasteiger partial charge >= 0.3 is 0 Å². The van der Waals surface area contributed by atoms with Crippen LogP contribution in [0.4, 0.5) is 0 Å². The molecule has 2 aromatic rings. The SMILES string of the molecule is CCCOc1cc(CN)c2ccccc2c1. The van der Waals surface area contributed by atoms with Crippen molar-refractivity contribution in [1.29, 1.82) is 0 Å². The first-order valence-corrected chi connectivity index (χ1v) is 5.69. The molecule has 0 fully saturated rings. The van der Waals surface area contributed by atoms with E-state index in [1.165, 1.54) is 10.8 Å². The highest BCUT2D eigenvalue weighted by atomic mass is 16.5. The highest BCUT2D eigenvalue weighted by molar-refractivity contribution is 5.87. The van der Waals surface area contributed by atoms with Gasteiger partial charge in [-0.3, -0.25) is 0 Å². The molecule has 84 valence electrons. The lowest BCUT2D eigenvalue weighted by molar-refractivity contribution is 0.317. The lowest BCUT2D eigenvalue weighted by Gasteiger charge is -2.09. The van der Waals surface area contributed by atoms with Crippen molar-refractivity contribution < 1.29 is 4.74 Å². The Labute approximate surface area is 96.0 Å². The smallest absolute Gasteiger partial charge is 0.120 e. The molecule has 0 unspecified atom stereocenters. The third-order valence-electron chi connectivity index (χ3n) is 2.61. The molecule has 0 aliphatic carbocycles. The van der Waals surface area contributed by atoms with E-state index < -0.39 is 0 Å². The van der Waals surface area contributed by atoms with E-state index in [2.05, 4.69) is 25.1 Å². The van der Waals surface area contributed by atoms with E-state index in [1.54, 1.807) is 0 Å². The maximum atomic E-state index is 5.76. The first-order valence-electron chi connectivity index (χ1n) is 5.69. The highest BCUT2D eigenvalue weighted by Gasteiger charge is 2.02. The van der Waals surface area contributed by atoms with Gasteiger partial charge in [0.2, 0.25) is 0 Å². The minimum Gasteiger partial charge on any atom is -0.494 e. The maximum absolute atomic E-state index is 5.76. The third kappa shape index (κ3) is 2.17. The second-order valence-electron chi connectivity index (χ2n) is 3.86. The minimum atomic E-state index is 0.545. The minimum absolute atomic E-state index is 0.545. The van der Waals surface area contributed by atoms with Crippen molar-refractivity contribution in [1.82, 2.24) is 0 Å². The number of hydrogen-bond donors (Lipinski definition) is 1. The quantitative estimate of drug-likeness (QED) is 0.850. The molecule has 2 N–H and O–H groups in total. The van der Waals surface area contributed by atoms with Crippen LogP contribution in [0.2, 0.25) is 0 Å². The zero-order valence-corrected chi connectivity index (χ0v) is 9.57. The third-order valence-corrected chi connectivity index (χ3v) is 2.61. The van der Waals surface area contributed by atoms with E-state index in [9.17, 15) is 0 Å². The molecule has 0 radical (unpaired) electrons. The van der Waals surface area contributed by atoms with Gasteiger partial charge in [-0.15, -0.1) is 0 Å². The molecule has 0 saturated heterocycles. The Hall–Kier alpha value is -1.54. The Morgan fingerprint density at radius 1 is 1.19 bits per heavy atom. The van der Waals surface area contributed by atoms with Gasteiger partial charge in [-0.1, -0.05) is 31.2 Å². The molecule has 0 aromatic heterocycles. The summed E-state index contributed by atoms with van der Waals surface area (Å²) in [4.78, 5) is 0. The molecular weight excluding hydrogens is 198 g/mol. The van der Waals surface area contributed by atoms with E-state index >= 15 is 0 Å². The summed E-state index contributed by atoms with van der Waals surface area (Å²) in [6.45, 7) is 3.40. The molecule has 0 saturated carbocycles. The highest BCUT2D eigenvalue weighted by Crippen LogP contribution is 2.25. The summed E-state index contributed by atoms with van der Waals surface area (Å²) < 4.78 is 5.65. The van der Waals surface area contributed by atoms with Crippen LogP contribution in [0.25, 0.3) is 10.8 Å². The second kappa shape index (κ2) is 4.99. The Bertz CT molecular complexity index is 479. The van der Waals surface area contributed by atoms with Gasteiger partial charge in [0.1, 0.15) is 5.75 Å². The number of nitrogens with two attached hydrogens (primary N) is 1. The number of fused-ring (bicyclic) bond motifs is 1. The molecule has 0 aliphatic heterocycles. The van der Waals surface area contributed by atoms with Crippen molar-refractivity contribution in [3.63, 3.8) is 0 Å². The fourth-order valence-corrected chi connectivity index (χ4v) is 1.83. The lowest BCUT2D eigenvalue weighted by atomic mass is 10.0. The van der Waals surface area contributed by atoms with Gasteiger partial charge in [0.25, 0.3) is 0 Å². The van der Waals surface area contributed by atoms with Gasteiger partial charge in [0.15, 0.2) is 0 Å². The van der Waals surface area contributed by atoms with Crippen LogP contribution in [0.3, 0.4) is 0 Å². The van der Waals surface area contributed by atoms with Crippen molar-refractivity contribution in [2.24, 2.45) is 5.73 Å². The van der Waals surface area contributed by atoms with Gasteiger partial charge in [-0.25, -0.2) is 0 Å². The van der Waals surface area contributed by atoms with E-state index in [-0.39, 0.29) is 0 Å². The predicted octanol–water partition coefficient (Wildman–Crippen LogP) is 3.09. The van der Waals surface area contributed by atoms with Gasteiger partial charge in [0, 0.05) is 6.54 Å². The molecular formula is C14H17NO. The fraction of sp³-hybridized carbons (Fsp3) is 0.286. The summed E-state index contributed by atoms with van der Waals surface area (Å²) in [6, 6.07) is 12.4. The monoisotopic (exact) mass is 215 g/mol. The Morgan fingerprint density at radius 3 is 2.75 bits per heavy atom. The zero-order chi connectivity index (χ0) is 11.4. The fourth-order valence-electron chi connectivity index (χ4n) is 1.83. The number of ether oxygens (including phenoxy) is 1. The van der Waals surface area contributed by atoms with Crippen molar-refractivity contribution in [2.45, 2.75) is 19.9 Å². The van der Waals surface area contributed by atoms with Crippen LogP contribution in [0, 0.1) is 0 Å². The van der Waals surface area contributed by atoms with E-state index in [0.717, 1.165) is 24.3 Å². The van der Waals surface area contributed by atoms with Crippen molar-refractivity contribution in [3.05, 3.63) is 42.0 Å². The van der Waals surface area contributed by atoms with Crippen LogP contribution >= 0.6 is 0 Å². The molecule has 2 nitrogen and oxygen atoms in total. The van der Waals surface area contributed by atoms with Crippen LogP contribution in [-0.2, 0) is 6.54 Å². The maximum Gasteiger partial charge on any atom is 0.120 e. The number of benzene rings is 2. The molecule has 0 heterocycles. The molecule has 0 atom stereocenters. The summed E-state index contributed by atoms with van der Waals surface area (Å²) in [5.41, 5.74) is 6.90. The zero-order valence-electron chi connectivity index (χ0n) is 9.57. The Balaban J connectivity index is 2.46. The van der Waals surface area contributed by atoms with Gasteiger partial charge in [-0.05, 0) is 34.9 Å². The van der Waals surface area contributed by atoms with E-state index in [4.69, 9.17) is 10.5 Å². The second-order valence-corrected chi connectivity index (χ2v) is 3.86. The first kappa shape index (κ1) is 11.0. The first-order chi connectivity index (χ1) is 7.85. The largest absolute Gasteiger partial charge is 0.494 e. The van der Waals surface area contributed by atoms with Crippen LogP contribution in [0.15, 0.2) is 36.4 Å². The summed E-state index contributed by atoms with van der Waals surface area (Å²) in [7, 11) is 0. The summed E-state index contributed by atoms with van der Waals surface area (Å²) in [5.74, 6) is 0.918. The van der Waals surface area contributed by atoms with Crippen molar-refractivity contribution in [3.8, 4) is 5.75 Å². The Kier molecular flexibility index (Phi) is 3.42. The van der Waals surface area contributed by atoms with Gasteiger partial charge in [-0.2, -0.15) is 0 Å². The van der Waals surface area contributed by atoms with E-state index in [0.29, 0.717) is 6.54 Å². The predicted molar refractivity (Wildman–Crippen MR) is 67.6 cm³/mol. The van der Waals surface area contributed by atoms with Gasteiger partial charge < -0.3 is 10.5 Å². The number of hydrogen-bond acceptors (Lipinski definition) is 2. The topological polar surface area (TPSA) is 35.2 Å². The van der Waals surface area contributed by atoms with Crippen LogP contribution in [0.1, 0.15) is 18.9 Å². The molecule has 2 aromatic carbocycles. The molecule has 0 spiro atoms. The molecule has 0 bridgehead atoms. The average molecular weight is 215 g/mol. The van der Waals surface area contributed by atoms with Crippen LogP contribution in [0.5, 0.6) is 5.75 Å². The summed E-state index contributed by atoms with van der Waals surface area (Å²) in [5, 5.41) is 2.41. The lowest BCUT2D eigenvalue weighted by Crippen LogP contribution is -2.00. The summed E-state index contributed by atoms with van der Waals surface area (Å²) >= 11 is 0. The Morgan fingerprint density at radius 2 is 2.00 bits per heavy atom. The van der Waals surface area contributed by atoms with Crippen molar-refractivity contribution in [2.75, 3.05) is 6.61 Å². The van der Waals surface area contributed by atoms with Crippen LogP contribution in [-0.4, -0.2) is 6.61 Å². The van der Waals surface area contributed by atoms with E-state index in [1.807, 2.05) is 18.2 Å². The molecule has 0 aliphatic rings. The molecule has 0 amide bonds. The number of rotatable bonds is 4. The molecule has 2 heteroatoms. The molecule has 16 heavy (non-hydrogen) atoms. The van der Waals surface area contributed by atoms with Crippen LogP contribution < -0.4 is 10.5 Å². The van der Waals surface area contributed by atoms with Crippen molar-refractivity contribution >= 4 is 10.8 Å². The standard InChI is InChI=1S/C14H17NO/c1-2-7-16-13-8-11-5-3-4-6-14(11)12(9-13)10-15/h3-6,8-9H,2,7,10,15H2,1H3. The normalized spacial score (nSPS) is 10.6. The molecule has 2 rings (SSSR count).